The van der Waals surface area contributed by atoms with Gasteiger partial charge in [-0.2, -0.15) is 0 Å². The Morgan fingerprint density at radius 3 is 2.24 bits per heavy atom. The number of hydrogen-bond acceptors (Lipinski definition) is 3. The van der Waals surface area contributed by atoms with E-state index in [-0.39, 0.29) is 6.04 Å². The maximum Gasteiger partial charge on any atom is 0.118 e. The molecule has 3 nitrogen and oxygen atoms in total. The zero-order valence-corrected chi connectivity index (χ0v) is 12.9. The second-order valence-corrected chi connectivity index (χ2v) is 5.36. The molecule has 1 N–H and O–H groups in total. The molecule has 0 spiro atoms. The summed E-state index contributed by atoms with van der Waals surface area (Å²) in [4.78, 5) is 2.15. The van der Waals surface area contributed by atoms with Crippen molar-refractivity contribution in [3.05, 3.63) is 65.7 Å². The molecule has 0 aliphatic carbocycles. The van der Waals surface area contributed by atoms with E-state index in [0.717, 1.165) is 17.9 Å². The van der Waals surface area contributed by atoms with Gasteiger partial charge in [0.05, 0.1) is 13.2 Å². The Hall–Kier alpha value is -1.84. The smallest absolute Gasteiger partial charge is 0.118 e. The van der Waals surface area contributed by atoms with Gasteiger partial charge in [-0.25, -0.2) is 0 Å². The van der Waals surface area contributed by atoms with Crippen LogP contribution in [0.1, 0.15) is 24.2 Å². The quantitative estimate of drug-likeness (QED) is 0.884. The average molecular weight is 285 g/mol. The van der Waals surface area contributed by atoms with Crippen LogP contribution in [0.15, 0.2) is 54.6 Å². The van der Waals surface area contributed by atoms with Gasteiger partial charge in [-0.3, -0.25) is 4.90 Å². The lowest BCUT2D eigenvalue weighted by Gasteiger charge is -2.29. The first-order valence-corrected chi connectivity index (χ1v) is 7.18. The van der Waals surface area contributed by atoms with Gasteiger partial charge in [0.15, 0.2) is 0 Å². The van der Waals surface area contributed by atoms with E-state index in [1.54, 1.807) is 7.11 Å². The summed E-state index contributed by atoms with van der Waals surface area (Å²) in [7, 11) is 3.69. The van der Waals surface area contributed by atoms with Crippen molar-refractivity contribution in [2.75, 3.05) is 14.2 Å². The molecular weight excluding hydrogens is 262 g/mol. The molecule has 0 radical (unpaired) electrons. The molecule has 2 atom stereocenters. The number of nitrogens with zero attached hydrogens (tertiary/aromatic N) is 1. The van der Waals surface area contributed by atoms with Crippen LogP contribution in [0.3, 0.4) is 0 Å². The van der Waals surface area contributed by atoms with Crippen LogP contribution in [0.4, 0.5) is 0 Å². The van der Waals surface area contributed by atoms with Gasteiger partial charge in [0.25, 0.3) is 0 Å². The summed E-state index contributed by atoms with van der Waals surface area (Å²) in [5, 5.41) is 10.5. The monoisotopic (exact) mass is 285 g/mol. The number of benzene rings is 2. The molecule has 0 aliphatic heterocycles. The fraction of sp³-hybridized carbons (Fsp3) is 0.333. The normalized spacial score (nSPS) is 14.0. The second-order valence-electron chi connectivity index (χ2n) is 5.36. The molecule has 0 aromatic heterocycles. The van der Waals surface area contributed by atoms with E-state index in [1.165, 1.54) is 5.56 Å². The number of ether oxygens (including phenoxy) is 1. The maximum atomic E-state index is 10.5. The molecule has 112 valence electrons. The third-order valence-electron chi connectivity index (χ3n) is 3.88. The second kappa shape index (κ2) is 7.25. The fourth-order valence-corrected chi connectivity index (χ4v) is 2.33. The van der Waals surface area contributed by atoms with E-state index in [2.05, 4.69) is 17.0 Å². The first kappa shape index (κ1) is 15.5. The Morgan fingerprint density at radius 1 is 1.05 bits per heavy atom. The molecule has 0 amide bonds. The van der Waals surface area contributed by atoms with Crippen molar-refractivity contribution in [2.45, 2.75) is 25.6 Å². The predicted octanol–water partition coefficient (Wildman–Crippen LogP) is 3.25. The molecule has 0 saturated heterocycles. The van der Waals surface area contributed by atoms with Gasteiger partial charge >= 0.3 is 0 Å². The van der Waals surface area contributed by atoms with Crippen molar-refractivity contribution >= 4 is 0 Å². The predicted molar refractivity (Wildman–Crippen MR) is 85.3 cm³/mol. The van der Waals surface area contributed by atoms with Crippen LogP contribution in [-0.4, -0.2) is 30.2 Å². The Balaban J connectivity index is 2.00. The highest BCUT2D eigenvalue weighted by atomic mass is 16.5. The molecule has 0 heterocycles. The van der Waals surface area contributed by atoms with Gasteiger partial charge in [-0.05, 0) is 37.2 Å². The van der Waals surface area contributed by atoms with Crippen molar-refractivity contribution in [3.8, 4) is 5.75 Å². The number of aliphatic hydroxyl groups excluding tert-OH is 1. The molecule has 0 unspecified atom stereocenters. The van der Waals surface area contributed by atoms with Crippen LogP contribution >= 0.6 is 0 Å². The summed E-state index contributed by atoms with van der Waals surface area (Å²) >= 11 is 0. The molecule has 2 rings (SSSR count). The van der Waals surface area contributed by atoms with Crippen LogP contribution in [0.5, 0.6) is 5.75 Å². The molecule has 0 fully saturated rings. The van der Waals surface area contributed by atoms with Crippen LogP contribution in [0.2, 0.25) is 0 Å². The largest absolute Gasteiger partial charge is 0.497 e. The highest BCUT2D eigenvalue weighted by Crippen LogP contribution is 2.21. The lowest BCUT2D eigenvalue weighted by molar-refractivity contribution is 0.0688. The highest BCUT2D eigenvalue weighted by Gasteiger charge is 2.20. The van der Waals surface area contributed by atoms with E-state index in [9.17, 15) is 5.11 Å². The molecule has 3 heteroatoms. The lowest BCUT2D eigenvalue weighted by Crippen LogP contribution is -2.33. The Morgan fingerprint density at radius 2 is 1.67 bits per heavy atom. The Kier molecular flexibility index (Phi) is 5.37. The van der Waals surface area contributed by atoms with Crippen LogP contribution in [0, 0.1) is 0 Å². The fourth-order valence-electron chi connectivity index (χ4n) is 2.33. The van der Waals surface area contributed by atoms with Crippen molar-refractivity contribution in [1.29, 1.82) is 0 Å². The van der Waals surface area contributed by atoms with Gasteiger partial charge in [0.1, 0.15) is 5.75 Å². The topological polar surface area (TPSA) is 32.7 Å². The molecule has 2 aromatic carbocycles. The Labute approximate surface area is 126 Å². The molecule has 0 aliphatic rings. The minimum atomic E-state index is -0.491. The van der Waals surface area contributed by atoms with Crippen molar-refractivity contribution < 1.29 is 9.84 Å². The summed E-state index contributed by atoms with van der Waals surface area (Å²) in [6, 6.07) is 17.8. The van der Waals surface area contributed by atoms with E-state index in [4.69, 9.17) is 4.74 Å². The first-order valence-electron chi connectivity index (χ1n) is 7.18. The third kappa shape index (κ3) is 4.06. The van der Waals surface area contributed by atoms with Crippen molar-refractivity contribution in [3.63, 3.8) is 0 Å². The third-order valence-corrected chi connectivity index (χ3v) is 3.88. The number of rotatable bonds is 6. The van der Waals surface area contributed by atoms with E-state index < -0.39 is 6.10 Å². The molecule has 0 saturated carbocycles. The summed E-state index contributed by atoms with van der Waals surface area (Å²) in [5.74, 6) is 0.860. The van der Waals surface area contributed by atoms with E-state index >= 15 is 0 Å². The van der Waals surface area contributed by atoms with Gasteiger partial charge in [-0.1, -0.05) is 42.5 Å². The zero-order valence-electron chi connectivity index (χ0n) is 12.9. The van der Waals surface area contributed by atoms with Crippen molar-refractivity contribution in [1.82, 2.24) is 4.90 Å². The van der Waals surface area contributed by atoms with Crippen LogP contribution in [-0.2, 0) is 6.54 Å². The lowest BCUT2D eigenvalue weighted by atomic mass is 10.0. The Bertz CT molecular complexity index is 539. The summed E-state index contributed by atoms with van der Waals surface area (Å²) < 4.78 is 5.16. The van der Waals surface area contributed by atoms with Gasteiger partial charge in [-0.15, -0.1) is 0 Å². The van der Waals surface area contributed by atoms with Crippen molar-refractivity contribution in [2.24, 2.45) is 0 Å². The zero-order chi connectivity index (χ0) is 15.2. The minimum absolute atomic E-state index is 0.0366. The molecule has 2 aromatic rings. The minimum Gasteiger partial charge on any atom is -0.497 e. The van der Waals surface area contributed by atoms with Gasteiger partial charge < -0.3 is 9.84 Å². The standard InChI is InChI=1S/C18H23NO2/c1-14(18(20)16-7-5-4-6-8-16)19(2)13-15-9-11-17(21-3)12-10-15/h4-12,14,18,20H,13H2,1-3H3/t14-,18+/m0/s1. The summed E-state index contributed by atoms with van der Waals surface area (Å²) in [6.07, 6.45) is -0.491. The highest BCUT2D eigenvalue weighted by molar-refractivity contribution is 5.27. The average Bonchev–Trinajstić information content (AvgIpc) is 2.55. The number of hydrogen-bond donors (Lipinski definition) is 1. The number of likely N-dealkylation sites (N-methyl/N-ethyl adjacent to an activating group) is 1. The number of aliphatic hydroxyl groups is 1. The maximum absolute atomic E-state index is 10.5. The summed E-state index contributed by atoms with van der Waals surface area (Å²) in [6.45, 7) is 2.83. The molecular formula is C18H23NO2. The van der Waals surface area contributed by atoms with Gasteiger partial charge in [0.2, 0.25) is 0 Å². The van der Waals surface area contributed by atoms with Crippen LogP contribution < -0.4 is 4.74 Å². The molecule has 0 bridgehead atoms. The van der Waals surface area contributed by atoms with E-state index in [0.29, 0.717) is 0 Å². The molecule has 21 heavy (non-hydrogen) atoms. The first-order chi connectivity index (χ1) is 10.1. The summed E-state index contributed by atoms with van der Waals surface area (Å²) in [5.41, 5.74) is 2.15. The SMILES string of the molecule is COc1ccc(CN(C)[C@@H](C)[C@@H](O)c2ccccc2)cc1. The number of methoxy groups -OCH3 is 1. The van der Waals surface area contributed by atoms with Gasteiger partial charge in [0, 0.05) is 12.6 Å². The van der Waals surface area contributed by atoms with Crippen LogP contribution in [0.25, 0.3) is 0 Å². The van der Waals surface area contributed by atoms with E-state index in [1.807, 2.05) is 56.4 Å².